The topological polar surface area (TPSA) is 121 Å². The predicted molar refractivity (Wildman–Crippen MR) is 137 cm³/mol. The fraction of sp³-hybridized carbons (Fsp3) is 0.370. The van der Waals surface area contributed by atoms with Crippen LogP contribution in [0.4, 0.5) is 0 Å². The first-order valence-electron chi connectivity index (χ1n) is 12.2. The number of hydrogen-bond acceptors (Lipinski definition) is 7. The number of ether oxygens (including phenoxy) is 1. The molecule has 0 radical (unpaired) electrons. The number of likely N-dealkylation sites (N-methyl/N-ethyl adjacent to an activating group) is 1. The van der Waals surface area contributed by atoms with Gasteiger partial charge in [-0.2, -0.15) is 0 Å². The van der Waals surface area contributed by atoms with Gasteiger partial charge < -0.3 is 15.4 Å². The number of primary amides is 1. The molecule has 4 N–H and O–H groups in total. The third kappa shape index (κ3) is 5.81. The van der Waals surface area contributed by atoms with Crippen molar-refractivity contribution in [2.75, 3.05) is 32.7 Å². The molecule has 2 heterocycles. The van der Waals surface area contributed by atoms with E-state index in [1.54, 1.807) is 23.7 Å². The summed E-state index contributed by atoms with van der Waals surface area (Å²) in [6.07, 6.45) is 0.214. The van der Waals surface area contributed by atoms with Gasteiger partial charge in [0, 0.05) is 48.4 Å². The highest BCUT2D eigenvalue weighted by atomic mass is 16.5. The summed E-state index contributed by atoms with van der Waals surface area (Å²) in [4.78, 5) is 33.7. The number of amides is 2. The van der Waals surface area contributed by atoms with Crippen LogP contribution in [0.2, 0.25) is 0 Å². The molecular formula is C27H33N5O4. The molecule has 36 heavy (non-hydrogen) atoms. The Kier molecular flexibility index (Phi) is 8.14. The van der Waals surface area contributed by atoms with Gasteiger partial charge in [0.05, 0.1) is 11.6 Å². The molecule has 1 atom stereocenters. The van der Waals surface area contributed by atoms with E-state index in [1.165, 1.54) is 0 Å². The first kappa shape index (κ1) is 25.6. The van der Waals surface area contributed by atoms with E-state index in [0.717, 1.165) is 41.8 Å². The molecule has 1 fully saturated rings. The Hall–Kier alpha value is -3.53. The number of aromatic nitrogens is 1. The van der Waals surface area contributed by atoms with Crippen LogP contribution < -0.4 is 16.0 Å². The van der Waals surface area contributed by atoms with Crippen molar-refractivity contribution in [2.45, 2.75) is 32.9 Å². The summed E-state index contributed by atoms with van der Waals surface area (Å²) in [6, 6.07) is 14.4. The first-order valence-corrected chi connectivity index (χ1v) is 12.2. The van der Waals surface area contributed by atoms with Crippen LogP contribution in [-0.2, 0) is 17.8 Å². The zero-order chi connectivity index (χ0) is 25.7. The summed E-state index contributed by atoms with van der Waals surface area (Å²) >= 11 is 0. The number of pyridine rings is 1. The lowest BCUT2D eigenvalue weighted by Crippen LogP contribution is -2.55. The highest BCUT2D eigenvalue weighted by Gasteiger charge is 2.30. The van der Waals surface area contributed by atoms with Crippen molar-refractivity contribution in [1.82, 2.24) is 20.3 Å². The summed E-state index contributed by atoms with van der Waals surface area (Å²) in [5, 5.41) is 10.4. The number of carbonyl (C=O) groups is 2. The number of piperazine rings is 1. The SMILES string of the molecule is CCN1CCN([C@@H](Cc2cc(OCc3cc(C)nc4ccccc34)ccc2C(N)=O)C(=O)NO)CC1. The molecule has 1 aromatic heterocycles. The molecule has 4 rings (SSSR count). The van der Waals surface area contributed by atoms with Crippen LogP contribution in [0, 0.1) is 6.92 Å². The van der Waals surface area contributed by atoms with Crippen molar-refractivity contribution in [3.05, 3.63) is 70.9 Å². The number of benzene rings is 2. The second kappa shape index (κ2) is 11.5. The van der Waals surface area contributed by atoms with E-state index < -0.39 is 17.9 Å². The largest absolute Gasteiger partial charge is 0.489 e. The van der Waals surface area contributed by atoms with Crippen LogP contribution in [0.5, 0.6) is 5.75 Å². The van der Waals surface area contributed by atoms with E-state index >= 15 is 0 Å². The maximum atomic E-state index is 12.6. The number of nitrogens with one attached hydrogen (secondary N) is 1. The maximum absolute atomic E-state index is 12.6. The lowest BCUT2D eigenvalue weighted by molar-refractivity contribution is -0.135. The Morgan fingerprint density at radius 2 is 1.86 bits per heavy atom. The van der Waals surface area contributed by atoms with E-state index in [-0.39, 0.29) is 6.42 Å². The van der Waals surface area contributed by atoms with Gasteiger partial charge in [-0.05, 0) is 55.8 Å². The number of carbonyl (C=O) groups excluding carboxylic acids is 2. The number of nitrogens with two attached hydrogens (primary N) is 1. The van der Waals surface area contributed by atoms with Gasteiger partial charge in [0.15, 0.2) is 0 Å². The van der Waals surface area contributed by atoms with Crippen LogP contribution in [0.3, 0.4) is 0 Å². The molecular weight excluding hydrogens is 458 g/mol. The fourth-order valence-electron chi connectivity index (χ4n) is 4.81. The predicted octanol–water partition coefficient (Wildman–Crippen LogP) is 2.28. The van der Waals surface area contributed by atoms with E-state index in [4.69, 9.17) is 10.5 Å². The van der Waals surface area contributed by atoms with Crippen molar-refractivity contribution in [2.24, 2.45) is 5.73 Å². The van der Waals surface area contributed by atoms with Crippen molar-refractivity contribution in [1.29, 1.82) is 0 Å². The van der Waals surface area contributed by atoms with Crippen LogP contribution in [0.1, 0.15) is 34.1 Å². The Morgan fingerprint density at radius 1 is 1.11 bits per heavy atom. The number of rotatable bonds is 9. The van der Waals surface area contributed by atoms with Gasteiger partial charge in [0.2, 0.25) is 5.91 Å². The molecule has 3 aromatic rings. The molecule has 190 valence electrons. The Bertz CT molecular complexity index is 1240. The molecule has 0 spiro atoms. The van der Waals surface area contributed by atoms with Gasteiger partial charge in [-0.25, -0.2) is 5.48 Å². The zero-order valence-corrected chi connectivity index (χ0v) is 20.7. The molecule has 2 aromatic carbocycles. The number of para-hydroxylation sites is 1. The monoisotopic (exact) mass is 491 g/mol. The summed E-state index contributed by atoms with van der Waals surface area (Å²) in [5.74, 6) is -0.529. The van der Waals surface area contributed by atoms with Crippen molar-refractivity contribution >= 4 is 22.7 Å². The molecule has 1 saturated heterocycles. The van der Waals surface area contributed by atoms with Crippen LogP contribution in [0.25, 0.3) is 10.9 Å². The zero-order valence-electron chi connectivity index (χ0n) is 20.7. The average molecular weight is 492 g/mol. The van der Waals surface area contributed by atoms with Crippen molar-refractivity contribution in [3.8, 4) is 5.75 Å². The smallest absolute Gasteiger partial charge is 0.261 e. The van der Waals surface area contributed by atoms with Crippen LogP contribution in [0.15, 0.2) is 48.5 Å². The van der Waals surface area contributed by atoms with Crippen LogP contribution >= 0.6 is 0 Å². The molecule has 2 amide bonds. The molecule has 9 heteroatoms. The van der Waals surface area contributed by atoms with Gasteiger partial charge in [-0.3, -0.25) is 24.7 Å². The number of hydrogen-bond donors (Lipinski definition) is 3. The fourth-order valence-corrected chi connectivity index (χ4v) is 4.81. The highest BCUT2D eigenvalue weighted by Crippen LogP contribution is 2.24. The van der Waals surface area contributed by atoms with Gasteiger partial charge in [-0.15, -0.1) is 0 Å². The Balaban J connectivity index is 1.57. The lowest BCUT2D eigenvalue weighted by atomic mass is 9.97. The normalized spacial score (nSPS) is 15.5. The van der Waals surface area contributed by atoms with Crippen molar-refractivity contribution < 1.29 is 19.5 Å². The van der Waals surface area contributed by atoms with Crippen molar-refractivity contribution in [3.63, 3.8) is 0 Å². The molecule has 9 nitrogen and oxygen atoms in total. The molecule has 1 aliphatic heterocycles. The highest BCUT2D eigenvalue weighted by molar-refractivity contribution is 5.95. The third-order valence-electron chi connectivity index (χ3n) is 6.79. The lowest BCUT2D eigenvalue weighted by Gasteiger charge is -2.38. The number of hydroxylamine groups is 1. The van der Waals surface area contributed by atoms with Crippen LogP contribution in [-0.4, -0.2) is 70.6 Å². The summed E-state index contributed by atoms with van der Waals surface area (Å²) in [6.45, 7) is 8.34. The minimum Gasteiger partial charge on any atom is -0.489 e. The summed E-state index contributed by atoms with van der Waals surface area (Å²) in [5.41, 5.74) is 11.2. The third-order valence-corrected chi connectivity index (χ3v) is 6.79. The second-order valence-corrected chi connectivity index (χ2v) is 9.08. The summed E-state index contributed by atoms with van der Waals surface area (Å²) in [7, 11) is 0. The molecule has 1 aliphatic rings. The Labute approximate surface area is 210 Å². The standard InChI is InChI=1S/C27H33N5O4/c1-3-31-10-12-32(13-11-31)25(27(34)30-35)16-19-15-21(8-9-23(19)26(28)33)36-17-20-14-18(2)29-24-7-5-4-6-22(20)24/h4-9,14-15,25,35H,3,10-13,16-17H2,1-2H3,(H2,28,33)(H,30,34)/t25-/m0/s1. The van der Waals surface area contributed by atoms with Gasteiger partial charge in [0.25, 0.3) is 5.91 Å². The quantitative estimate of drug-likeness (QED) is 0.310. The average Bonchev–Trinajstić information content (AvgIpc) is 2.89. The molecule has 0 unspecified atom stereocenters. The minimum absolute atomic E-state index is 0.214. The number of fused-ring (bicyclic) bond motifs is 1. The van der Waals surface area contributed by atoms with E-state index in [1.807, 2.05) is 42.2 Å². The van der Waals surface area contributed by atoms with Gasteiger partial charge >= 0.3 is 0 Å². The molecule has 0 aliphatic carbocycles. The van der Waals surface area contributed by atoms with Gasteiger partial charge in [0.1, 0.15) is 12.4 Å². The minimum atomic E-state index is -0.644. The molecule has 0 saturated carbocycles. The maximum Gasteiger partial charge on any atom is 0.261 e. The molecule has 0 bridgehead atoms. The van der Waals surface area contributed by atoms with E-state index in [9.17, 15) is 14.8 Å². The Morgan fingerprint density at radius 3 is 2.56 bits per heavy atom. The summed E-state index contributed by atoms with van der Waals surface area (Å²) < 4.78 is 6.12. The first-order chi connectivity index (χ1) is 17.4. The van der Waals surface area contributed by atoms with E-state index in [0.29, 0.717) is 36.6 Å². The number of aryl methyl sites for hydroxylation is 1. The van der Waals surface area contributed by atoms with E-state index in [2.05, 4.69) is 16.8 Å². The number of nitrogens with zero attached hydrogens (tertiary/aromatic N) is 3. The second-order valence-electron chi connectivity index (χ2n) is 9.08. The van der Waals surface area contributed by atoms with Gasteiger partial charge in [-0.1, -0.05) is 25.1 Å².